The summed E-state index contributed by atoms with van der Waals surface area (Å²) in [6.45, 7) is 10.7. The Hall–Kier alpha value is -1.85. The van der Waals surface area contributed by atoms with E-state index in [2.05, 4.69) is 45.5 Å². The molecule has 0 bridgehead atoms. The lowest BCUT2D eigenvalue weighted by Gasteiger charge is -2.38. The maximum Gasteiger partial charge on any atom is 0.115 e. The van der Waals surface area contributed by atoms with Gasteiger partial charge in [-0.2, -0.15) is 0 Å². The Balaban J connectivity index is 1.49. The molecular weight excluding hydrogens is 300 g/mol. The van der Waals surface area contributed by atoms with E-state index in [1.54, 1.807) is 6.07 Å². The van der Waals surface area contributed by atoms with Crippen molar-refractivity contribution in [2.24, 2.45) is 0 Å². The van der Waals surface area contributed by atoms with Gasteiger partial charge in [0.2, 0.25) is 0 Å². The molecule has 1 aliphatic rings. The van der Waals surface area contributed by atoms with E-state index in [0.29, 0.717) is 11.8 Å². The van der Waals surface area contributed by atoms with Gasteiger partial charge in [0.15, 0.2) is 0 Å². The van der Waals surface area contributed by atoms with Crippen molar-refractivity contribution in [3.63, 3.8) is 0 Å². The van der Waals surface area contributed by atoms with Crippen LogP contribution in [0.1, 0.15) is 25.2 Å². The highest BCUT2D eigenvalue weighted by molar-refractivity contribution is 5.27. The molecule has 2 aromatic rings. The summed E-state index contributed by atoms with van der Waals surface area (Å²) in [5.74, 6) is 1.52. The highest BCUT2D eigenvalue weighted by atomic mass is 16.3. The Kier molecular flexibility index (Phi) is 5.53. The summed E-state index contributed by atoms with van der Waals surface area (Å²) in [7, 11) is 0. The maximum absolute atomic E-state index is 9.59. The molecule has 1 fully saturated rings. The standard InChI is InChI=1S/C19H28N4O/c1-3-19-20-7-8-23(19)14-16(2)22-11-9-21(10-12-22)15-17-5-4-6-18(24)13-17/h4-8,13,16,24H,3,9-12,14-15H2,1-2H3. The van der Waals surface area contributed by atoms with Gasteiger partial charge in [0.05, 0.1) is 0 Å². The summed E-state index contributed by atoms with van der Waals surface area (Å²) >= 11 is 0. The zero-order valence-electron chi connectivity index (χ0n) is 14.7. The molecule has 0 aliphatic carbocycles. The fourth-order valence-corrected chi connectivity index (χ4v) is 3.50. The molecule has 0 radical (unpaired) electrons. The first-order chi connectivity index (χ1) is 11.7. The Morgan fingerprint density at radius 3 is 2.71 bits per heavy atom. The zero-order valence-corrected chi connectivity index (χ0v) is 14.7. The Labute approximate surface area is 144 Å². The molecule has 0 amide bonds. The van der Waals surface area contributed by atoms with E-state index in [9.17, 15) is 5.11 Å². The van der Waals surface area contributed by atoms with Crippen molar-refractivity contribution in [2.45, 2.75) is 39.4 Å². The van der Waals surface area contributed by atoms with Crippen LogP contribution in [-0.4, -0.2) is 56.7 Å². The van der Waals surface area contributed by atoms with Crippen LogP contribution in [0.15, 0.2) is 36.7 Å². The summed E-state index contributed by atoms with van der Waals surface area (Å²) < 4.78 is 2.28. The monoisotopic (exact) mass is 328 g/mol. The number of hydrogen-bond donors (Lipinski definition) is 1. The fourth-order valence-electron chi connectivity index (χ4n) is 3.50. The minimum absolute atomic E-state index is 0.354. The Morgan fingerprint density at radius 2 is 2.00 bits per heavy atom. The molecule has 24 heavy (non-hydrogen) atoms. The quantitative estimate of drug-likeness (QED) is 0.884. The van der Waals surface area contributed by atoms with Crippen LogP contribution >= 0.6 is 0 Å². The van der Waals surface area contributed by atoms with E-state index >= 15 is 0 Å². The van der Waals surface area contributed by atoms with Gasteiger partial charge in [0.1, 0.15) is 11.6 Å². The molecule has 1 saturated heterocycles. The highest BCUT2D eigenvalue weighted by Gasteiger charge is 2.21. The number of rotatable bonds is 6. The normalized spacial score (nSPS) is 17.9. The van der Waals surface area contributed by atoms with E-state index in [0.717, 1.165) is 45.7 Å². The van der Waals surface area contributed by atoms with Gasteiger partial charge in [0.25, 0.3) is 0 Å². The molecule has 5 nitrogen and oxygen atoms in total. The average molecular weight is 328 g/mol. The van der Waals surface area contributed by atoms with Crippen LogP contribution in [0.25, 0.3) is 0 Å². The van der Waals surface area contributed by atoms with Gasteiger partial charge < -0.3 is 9.67 Å². The number of aryl methyl sites for hydroxylation is 1. The van der Waals surface area contributed by atoms with Crippen molar-refractivity contribution < 1.29 is 5.11 Å². The van der Waals surface area contributed by atoms with Gasteiger partial charge in [-0.25, -0.2) is 4.98 Å². The SMILES string of the molecule is CCc1nccn1CC(C)N1CCN(Cc2cccc(O)c2)CC1. The van der Waals surface area contributed by atoms with Crippen molar-refractivity contribution in [2.75, 3.05) is 26.2 Å². The predicted molar refractivity (Wildman–Crippen MR) is 96.0 cm³/mol. The topological polar surface area (TPSA) is 44.5 Å². The molecule has 5 heteroatoms. The van der Waals surface area contributed by atoms with E-state index < -0.39 is 0 Å². The molecule has 2 heterocycles. The largest absolute Gasteiger partial charge is 0.508 e. The first kappa shape index (κ1) is 17.0. The summed E-state index contributed by atoms with van der Waals surface area (Å²) in [4.78, 5) is 9.45. The molecule has 1 aliphatic heterocycles. The molecule has 0 saturated carbocycles. The molecular formula is C19H28N4O. The highest BCUT2D eigenvalue weighted by Crippen LogP contribution is 2.15. The lowest BCUT2D eigenvalue weighted by molar-refractivity contribution is 0.0908. The van der Waals surface area contributed by atoms with Crippen molar-refractivity contribution >= 4 is 0 Å². The first-order valence-corrected chi connectivity index (χ1v) is 8.90. The fraction of sp³-hybridized carbons (Fsp3) is 0.526. The van der Waals surface area contributed by atoms with Gasteiger partial charge in [-0.1, -0.05) is 19.1 Å². The number of piperazine rings is 1. The van der Waals surface area contributed by atoms with E-state index in [-0.39, 0.29) is 0 Å². The second-order valence-electron chi connectivity index (χ2n) is 6.68. The third-order valence-electron chi connectivity index (χ3n) is 4.93. The third kappa shape index (κ3) is 4.16. The second kappa shape index (κ2) is 7.81. The lowest BCUT2D eigenvalue weighted by atomic mass is 10.1. The van der Waals surface area contributed by atoms with Crippen LogP contribution in [0.5, 0.6) is 5.75 Å². The van der Waals surface area contributed by atoms with Crippen LogP contribution in [0, 0.1) is 0 Å². The third-order valence-corrected chi connectivity index (χ3v) is 4.93. The van der Waals surface area contributed by atoms with Gasteiger partial charge in [0, 0.05) is 64.1 Å². The molecule has 1 N–H and O–H groups in total. The number of hydrogen-bond acceptors (Lipinski definition) is 4. The van der Waals surface area contributed by atoms with Gasteiger partial charge in [-0.05, 0) is 24.6 Å². The molecule has 130 valence electrons. The second-order valence-corrected chi connectivity index (χ2v) is 6.68. The van der Waals surface area contributed by atoms with Crippen LogP contribution in [0.2, 0.25) is 0 Å². The number of phenolic OH excluding ortho intramolecular Hbond substituents is 1. The van der Waals surface area contributed by atoms with Crippen LogP contribution in [-0.2, 0) is 19.5 Å². The summed E-state index contributed by atoms with van der Waals surface area (Å²) in [6.07, 6.45) is 4.98. The Bertz CT molecular complexity index is 646. The Morgan fingerprint density at radius 1 is 1.21 bits per heavy atom. The van der Waals surface area contributed by atoms with Gasteiger partial charge >= 0.3 is 0 Å². The van der Waals surface area contributed by atoms with E-state index in [1.807, 2.05) is 18.3 Å². The summed E-state index contributed by atoms with van der Waals surface area (Å²) in [5.41, 5.74) is 1.18. The molecule has 1 aromatic carbocycles. The predicted octanol–water partition coefficient (Wildman–Crippen LogP) is 2.36. The first-order valence-electron chi connectivity index (χ1n) is 8.90. The van der Waals surface area contributed by atoms with Gasteiger partial charge in [-0.3, -0.25) is 9.80 Å². The lowest BCUT2D eigenvalue weighted by Crippen LogP contribution is -2.50. The maximum atomic E-state index is 9.59. The summed E-state index contributed by atoms with van der Waals surface area (Å²) in [6, 6.07) is 8.11. The number of benzene rings is 1. The molecule has 3 rings (SSSR count). The van der Waals surface area contributed by atoms with E-state index in [4.69, 9.17) is 0 Å². The molecule has 1 aromatic heterocycles. The van der Waals surface area contributed by atoms with Crippen LogP contribution in [0.3, 0.4) is 0 Å². The number of imidazole rings is 1. The average Bonchev–Trinajstić information content (AvgIpc) is 3.02. The number of aromatic hydroxyl groups is 1. The number of aromatic nitrogens is 2. The number of phenols is 1. The molecule has 1 unspecified atom stereocenters. The zero-order chi connectivity index (χ0) is 16.9. The minimum Gasteiger partial charge on any atom is -0.508 e. The summed E-state index contributed by atoms with van der Waals surface area (Å²) in [5, 5.41) is 9.59. The van der Waals surface area contributed by atoms with Crippen molar-refractivity contribution in [3.05, 3.63) is 48.0 Å². The van der Waals surface area contributed by atoms with Crippen molar-refractivity contribution in [1.29, 1.82) is 0 Å². The van der Waals surface area contributed by atoms with E-state index in [1.165, 1.54) is 11.4 Å². The van der Waals surface area contributed by atoms with Crippen LogP contribution in [0.4, 0.5) is 0 Å². The van der Waals surface area contributed by atoms with Crippen molar-refractivity contribution in [1.82, 2.24) is 19.4 Å². The molecule has 0 spiro atoms. The minimum atomic E-state index is 0.354. The number of nitrogens with zero attached hydrogens (tertiary/aromatic N) is 4. The smallest absolute Gasteiger partial charge is 0.115 e. The van der Waals surface area contributed by atoms with Crippen LogP contribution < -0.4 is 0 Å². The van der Waals surface area contributed by atoms with Crippen molar-refractivity contribution in [3.8, 4) is 5.75 Å². The van der Waals surface area contributed by atoms with Gasteiger partial charge in [-0.15, -0.1) is 0 Å². The molecule has 1 atom stereocenters.